The van der Waals surface area contributed by atoms with Gasteiger partial charge in [-0.05, 0) is 24.5 Å². The highest BCUT2D eigenvalue weighted by molar-refractivity contribution is 5.72. The molecule has 94 valence electrons. The van der Waals surface area contributed by atoms with Gasteiger partial charge in [0.15, 0.2) is 0 Å². The monoisotopic (exact) mass is 238 g/mol. The fourth-order valence-electron chi connectivity index (χ4n) is 1.73. The van der Waals surface area contributed by atoms with Crippen molar-refractivity contribution in [2.45, 2.75) is 19.8 Å². The van der Waals surface area contributed by atoms with Crippen LogP contribution in [0.25, 0.3) is 0 Å². The number of aromatic hydroxyl groups is 1. The summed E-state index contributed by atoms with van der Waals surface area (Å²) in [5, 5.41) is 9.34. The third kappa shape index (κ3) is 3.37. The fraction of sp³-hybridized carbons (Fsp3) is 0.462. The summed E-state index contributed by atoms with van der Waals surface area (Å²) in [6.07, 6.45) is 1.25. The van der Waals surface area contributed by atoms with Gasteiger partial charge in [-0.3, -0.25) is 4.79 Å². The first-order chi connectivity index (χ1) is 8.12. The van der Waals surface area contributed by atoms with E-state index in [9.17, 15) is 9.90 Å². The van der Waals surface area contributed by atoms with E-state index in [4.69, 9.17) is 9.47 Å². The van der Waals surface area contributed by atoms with Crippen molar-refractivity contribution in [3.8, 4) is 11.5 Å². The number of rotatable bonds is 5. The molecule has 0 bridgehead atoms. The summed E-state index contributed by atoms with van der Waals surface area (Å²) in [6.45, 7) is 1.94. The Kier molecular flexibility index (Phi) is 4.82. The molecule has 0 fully saturated rings. The quantitative estimate of drug-likeness (QED) is 0.798. The highest BCUT2D eigenvalue weighted by Gasteiger charge is 2.19. The Morgan fingerprint density at radius 3 is 2.65 bits per heavy atom. The summed E-state index contributed by atoms with van der Waals surface area (Å²) in [4.78, 5) is 11.5. The maximum atomic E-state index is 11.5. The molecule has 0 aliphatic rings. The second-order valence-corrected chi connectivity index (χ2v) is 3.83. The van der Waals surface area contributed by atoms with E-state index in [1.54, 1.807) is 18.2 Å². The number of esters is 1. The van der Waals surface area contributed by atoms with E-state index < -0.39 is 0 Å². The number of ether oxygens (including phenoxy) is 2. The normalized spacial score (nSPS) is 11.9. The van der Waals surface area contributed by atoms with Gasteiger partial charge in [-0.2, -0.15) is 0 Å². The summed E-state index contributed by atoms with van der Waals surface area (Å²) >= 11 is 0. The Balaban J connectivity index is 2.89. The minimum atomic E-state index is -0.220. The number of hydrogen-bond donors (Lipinski definition) is 1. The molecule has 17 heavy (non-hydrogen) atoms. The Morgan fingerprint density at radius 1 is 1.41 bits per heavy atom. The number of benzene rings is 1. The van der Waals surface area contributed by atoms with Crippen molar-refractivity contribution in [1.29, 1.82) is 0 Å². The Morgan fingerprint density at radius 2 is 2.12 bits per heavy atom. The Hall–Kier alpha value is -1.71. The first kappa shape index (κ1) is 13.4. The topological polar surface area (TPSA) is 55.8 Å². The van der Waals surface area contributed by atoms with Gasteiger partial charge in [-0.25, -0.2) is 0 Å². The largest absolute Gasteiger partial charge is 0.508 e. The van der Waals surface area contributed by atoms with Crippen molar-refractivity contribution in [2.24, 2.45) is 5.92 Å². The summed E-state index contributed by atoms with van der Waals surface area (Å²) < 4.78 is 9.92. The molecule has 4 heteroatoms. The molecule has 0 aromatic heterocycles. The average molecular weight is 238 g/mol. The zero-order chi connectivity index (χ0) is 12.8. The average Bonchev–Trinajstić information content (AvgIpc) is 2.36. The van der Waals surface area contributed by atoms with Gasteiger partial charge in [0.25, 0.3) is 0 Å². The third-order valence-electron chi connectivity index (χ3n) is 2.76. The van der Waals surface area contributed by atoms with Crippen LogP contribution in [0.3, 0.4) is 0 Å². The van der Waals surface area contributed by atoms with Crippen molar-refractivity contribution in [3.05, 3.63) is 23.8 Å². The molecular formula is C13H18O4. The Labute approximate surface area is 101 Å². The Bertz CT molecular complexity index is 387. The van der Waals surface area contributed by atoms with E-state index in [0.717, 1.165) is 5.56 Å². The van der Waals surface area contributed by atoms with Gasteiger partial charge in [0.1, 0.15) is 11.5 Å². The van der Waals surface area contributed by atoms with Crippen molar-refractivity contribution in [2.75, 3.05) is 14.2 Å². The predicted octanol–water partition coefficient (Wildman–Crippen LogP) is 2.14. The number of carbonyl (C=O) groups excluding carboxylic acids is 1. The number of phenols is 1. The third-order valence-corrected chi connectivity index (χ3v) is 2.76. The number of phenolic OH excluding ortho intramolecular Hbond substituents is 1. The zero-order valence-electron chi connectivity index (χ0n) is 10.4. The summed E-state index contributed by atoms with van der Waals surface area (Å²) in [5.74, 6) is 0.338. The molecule has 1 aromatic carbocycles. The number of hydrogen-bond acceptors (Lipinski definition) is 4. The van der Waals surface area contributed by atoms with Gasteiger partial charge in [0.05, 0.1) is 20.1 Å². The molecule has 1 unspecified atom stereocenters. The van der Waals surface area contributed by atoms with Crippen LogP contribution in [-0.2, 0) is 16.0 Å². The van der Waals surface area contributed by atoms with E-state index in [1.807, 2.05) is 6.92 Å². The van der Waals surface area contributed by atoms with E-state index >= 15 is 0 Å². The molecule has 0 saturated heterocycles. The van der Waals surface area contributed by atoms with Crippen molar-refractivity contribution < 1.29 is 19.4 Å². The van der Waals surface area contributed by atoms with Crippen LogP contribution in [0, 0.1) is 5.92 Å². The van der Waals surface area contributed by atoms with Gasteiger partial charge < -0.3 is 14.6 Å². The lowest BCUT2D eigenvalue weighted by molar-refractivity contribution is -0.145. The zero-order valence-corrected chi connectivity index (χ0v) is 10.4. The highest BCUT2D eigenvalue weighted by Crippen LogP contribution is 2.27. The van der Waals surface area contributed by atoms with Gasteiger partial charge in [0.2, 0.25) is 0 Å². The molecule has 1 N–H and O–H groups in total. The van der Waals surface area contributed by atoms with Crippen LogP contribution >= 0.6 is 0 Å². The van der Waals surface area contributed by atoms with Gasteiger partial charge in [-0.15, -0.1) is 0 Å². The highest BCUT2D eigenvalue weighted by atomic mass is 16.5. The van der Waals surface area contributed by atoms with E-state index in [-0.39, 0.29) is 17.6 Å². The van der Waals surface area contributed by atoms with E-state index in [2.05, 4.69) is 0 Å². The smallest absolute Gasteiger partial charge is 0.308 e. The lowest BCUT2D eigenvalue weighted by Gasteiger charge is -2.14. The minimum absolute atomic E-state index is 0.150. The molecule has 1 atom stereocenters. The lowest BCUT2D eigenvalue weighted by Crippen LogP contribution is -2.18. The second-order valence-electron chi connectivity index (χ2n) is 3.83. The van der Waals surface area contributed by atoms with Crippen LogP contribution in [0.5, 0.6) is 11.5 Å². The van der Waals surface area contributed by atoms with Crippen LogP contribution in [0.1, 0.15) is 18.9 Å². The number of methoxy groups -OCH3 is 2. The maximum Gasteiger partial charge on any atom is 0.308 e. The molecule has 0 spiro atoms. The molecule has 1 aromatic rings. The van der Waals surface area contributed by atoms with Crippen molar-refractivity contribution in [3.63, 3.8) is 0 Å². The summed E-state index contributed by atoms with van der Waals surface area (Å²) in [6, 6.07) is 4.89. The molecular weight excluding hydrogens is 220 g/mol. The molecule has 0 aliphatic carbocycles. The van der Waals surface area contributed by atoms with Crippen LogP contribution < -0.4 is 4.74 Å². The predicted molar refractivity (Wildman–Crippen MR) is 64.2 cm³/mol. The molecule has 0 saturated carbocycles. The summed E-state index contributed by atoms with van der Waals surface area (Å²) in [5.41, 5.74) is 0.891. The lowest BCUT2D eigenvalue weighted by atomic mass is 9.96. The first-order valence-electron chi connectivity index (χ1n) is 5.56. The van der Waals surface area contributed by atoms with Gasteiger partial charge >= 0.3 is 5.97 Å². The maximum absolute atomic E-state index is 11.5. The van der Waals surface area contributed by atoms with E-state index in [1.165, 1.54) is 14.2 Å². The second kappa shape index (κ2) is 6.13. The van der Waals surface area contributed by atoms with Crippen molar-refractivity contribution >= 4 is 5.97 Å². The molecule has 1 rings (SSSR count). The standard InChI is InChI=1S/C13H18O4/c1-4-9(13(15)17-3)7-10-5-6-11(14)8-12(10)16-2/h5-6,8-9,14H,4,7H2,1-3H3. The van der Waals surface area contributed by atoms with Crippen LogP contribution in [-0.4, -0.2) is 25.3 Å². The first-order valence-corrected chi connectivity index (χ1v) is 5.56. The SMILES string of the molecule is CCC(Cc1ccc(O)cc1OC)C(=O)OC. The van der Waals surface area contributed by atoms with Gasteiger partial charge in [0, 0.05) is 6.07 Å². The van der Waals surface area contributed by atoms with Crippen molar-refractivity contribution in [1.82, 2.24) is 0 Å². The van der Waals surface area contributed by atoms with Crippen LogP contribution in [0.15, 0.2) is 18.2 Å². The summed E-state index contributed by atoms with van der Waals surface area (Å²) in [7, 11) is 2.93. The van der Waals surface area contributed by atoms with E-state index in [0.29, 0.717) is 18.6 Å². The van der Waals surface area contributed by atoms with Crippen LogP contribution in [0.2, 0.25) is 0 Å². The molecule has 0 radical (unpaired) electrons. The molecule has 4 nitrogen and oxygen atoms in total. The molecule has 0 heterocycles. The fourth-order valence-corrected chi connectivity index (χ4v) is 1.73. The molecule has 0 amide bonds. The van der Waals surface area contributed by atoms with Gasteiger partial charge in [-0.1, -0.05) is 13.0 Å². The van der Waals surface area contributed by atoms with Crippen LogP contribution in [0.4, 0.5) is 0 Å². The minimum Gasteiger partial charge on any atom is -0.508 e. The molecule has 0 aliphatic heterocycles. The number of carbonyl (C=O) groups is 1.